The average Bonchev–Trinajstić information content (AvgIpc) is 3.20. The van der Waals surface area contributed by atoms with Crippen LogP contribution in [0.1, 0.15) is 30.8 Å². The lowest BCUT2D eigenvalue weighted by molar-refractivity contribution is -0.137. The van der Waals surface area contributed by atoms with E-state index in [9.17, 15) is 26.7 Å². The number of aromatic nitrogens is 3. The fourth-order valence-electron chi connectivity index (χ4n) is 3.08. The van der Waals surface area contributed by atoms with E-state index in [0.29, 0.717) is 17.5 Å². The summed E-state index contributed by atoms with van der Waals surface area (Å²) in [4.78, 5) is 15.8. The van der Waals surface area contributed by atoms with Gasteiger partial charge in [-0.1, -0.05) is 23.5 Å². The Balaban J connectivity index is 2.01. The lowest BCUT2D eigenvalue weighted by atomic mass is 10.1. The van der Waals surface area contributed by atoms with Gasteiger partial charge in [-0.3, -0.25) is 4.79 Å². The van der Waals surface area contributed by atoms with Gasteiger partial charge in [0.15, 0.2) is 16.6 Å². The first-order chi connectivity index (χ1) is 14.0. The van der Waals surface area contributed by atoms with E-state index in [1.54, 1.807) is 0 Å². The van der Waals surface area contributed by atoms with Gasteiger partial charge >= 0.3 is 6.18 Å². The molecule has 158 valence electrons. The van der Waals surface area contributed by atoms with Crippen molar-refractivity contribution in [2.45, 2.75) is 32.6 Å². The molecule has 0 fully saturated rings. The highest BCUT2D eigenvalue weighted by Gasteiger charge is 2.41. The summed E-state index contributed by atoms with van der Waals surface area (Å²) < 4.78 is 75.4. The first-order valence-electron chi connectivity index (χ1n) is 8.55. The zero-order chi connectivity index (χ0) is 21.8. The van der Waals surface area contributed by atoms with Gasteiger partial charge in [0.05, 0.1) is 16.1 Å². The SMILES string of the molecule is CC(=O)Nc1nc2c(s1)-c1c(c(C(C)(F)F)nn1-c1ccccc1C(F)(F)F)OC2. The molecule has 1 amide bonds. The van der Waals surface area contributed by atoms with Crippen LogP contribution in [0.5, 0.6) is 5.75 Å². The molecule has 0 atom stereocenters. The number of thiazole rings is 1. The van der Waals surface area contributed by atoms with Crippen LogP contribution in [0.3, 0.4) is 0 Å². The van der Waals surface area contributed by atoms with Gasteiger partial charge < -0.3 is 10.1 Å². The molecule has 30 heavy (non-hydrogen) atoms. The van der Waals surface area contributed by atoms with E-state index < -0.39 is 35.0 Å². The fourth-order valence-corrected chi connectivity index (χ4v) is 4.12. The minimum atomic E-state index is -4.74. The average molecular weight is 444 g/mol. The highest BCUT2D eigenvalue weighted by molar-refractivity contribution is 7.19. The lowest BCUT2D eigenvalue weighted by Gasteiger charge is -2.18. The first kappa shape index (κ1) is 20.3. The maximum Gasteiger partial charge on any atom is 0.418 e. The smallest absolute Gasteiger partial charge is 0.418 e. The summed E-state index contributed by atoms with van der Waals surface area (Å²) in [5.74, 6) is -4.19. The van der Waals surface area contributed by atoms with Crippen molar-refractivity contribution < 1.29 is 31.5 Å². The number of halogens is 5. The number of nitrogens with one attached hydrogen (secondary N) is 1. The normalized spacial score (nSPS) is 13.4. The molecular formula is C18H13F5N4O2S. The van der Waals surface area contributed by atoms with Crippen LogP contribution in [0.25, 0.3) is 16.3 Å². The van der Waals surface area contributed by atoms with Crippen molar-refractivity contribution in [3.63, 3.8) is 0 Å². The highest BCUT2D eigenvalue weighted by atomic mass is 32.1. The lowest BCUT2D eigenvalue weighted by Crippen LogP contribution is -2.13. The van der Waals surface area contributed by atoms with E-state index in [1.807, 2.05) is 0 Å². The third-order valence-electron chi connectivity index (χ3n) is 4.24. The largest absolute Gasteiger partial charge is 0.483 e. The van der Waals surface area contributed by atoms with Crippen molar-refractivity contribution in [2.24, 2.45) is 0 Å². The molecule has 1 N–H and O–H groups in total. The summed E-state index contributed by atoms with van der Waals surface area (Å²) in [5, 5.41) is 6.46. The van der Waals surface area contributed by atoms with E-state index in [0.717, 1.165) is 28.2 Å². The van der Waals surface area contributed by atoms with E-state index >= 15 is 0 Å². The molecule has 0 spiro atoms. The predicted molar refractivity (Wildman–Crippen MR) is 97.9 cm³/mol. The van der Waals surface area contributed by atoms with Crippen molar-refractivity contribution in [1.29, 1.82) is 0 Å². The molecule has 3 aromatic rings. The molecule has 0 aliphatic carbocycles. The Morgan fingerprint density at radius 1 is 1.23 bits per heavy atom. The van der Waals surface area contributed by atoms with Crippen LogP contribution in [0.4, 0.5) is 27.1 Å². The number of anilines is 1. The van der Waals surface area contributed by atoms with E-state index in [-0.39, 0.29) is 23.2 Å². The third-order valence-corrected chi connectivity index (χ3v) is 5.26. The number of amides is 1. The Labute approximate surface area is 170 Å². The quantitative estimate of drug-likeness (QED) is 0.579. The van der Waals surface area contributed by atoms with Crippen LogP contribution in [0.2, 0.25) is 0 Å². The second-order valence-corrected chi connectivity index (χ2v) is 7.61. The van der Waals surface area contributed by atoms with Crippen LogP contribution < -0.4 is 10.1 Å². The Morgan fingerprint density at radius 2 is 1.93 bits per heavy atom. The molecule has 0 saturated heterocycles. The molecule has 0 unspecified atom stereocenters. The van der Waals surface area contributed by atoms with E-state index in [1.165, 1.54) is 19.1 Å². The molecule has 0 bridgehead atoms. The summed E-state index contributed by atoms with van der Waals surface area (Å²) in [6, 6.07) is 4.52. The first-order valence-corrected chi connectivity index (χ1v) is 9.37. The van der Waals surface area contributed by atoms with E-state index in [2.05, 4.69) is 15.4 Å². The number of nitrogens with zero attached hydrogens (tertiary/aromatic N) is 3. The number of fused-ring (bicyclic) bond motifs is 3. The number of hydrogen-bond acceptors (Lipinski definition) is 5. The number of benzene rings is 1. The molecule has 12 heteroatoms. The topological polar surface area (TPSA) is 69.0 Å². The van der Waals surface area contributed by atoms with Crippen molar-refractivity contribution in [3.05, 3.63) is 41.2 Å². The number of carbonyl (C=O) groups excluding carboxylic acids is 1. The van der Waals surface area contributed by atoms with Crippen LogP contribution in [-0.4, -0.2) is 20.7 Å². The minimum Gasteiger partial charge on any atom is -0.483 e. The van der Waals surface area contributed by atoms with Crippen LogP contribution in [-0.2, 0) is 23.5 Å². The van der Waals surface area contributed by atoms with Crippen molar-refractivity contribution >= 4 is 22.4 Å². The van der Waals surface area contributed by atoms with E-state index in [4.69, 9.17) is 4.74 Å². The molecule has 1 aliphatic heterocycles. The molecule has 1 aromatic carbocycles. The number of alkyl halides is 5. The Morgan fingerprint density at radius 3 is 2.57 bits per heavy atom. The maximum absolute atomic E-state index is 14.2. The van der Waals surface area contributed by atoms with Gasteiger partial charge in [-0.25, -0.2) is 9.67 Å². The van der Waals surface area contributed by atoms with Gasteiger partial charge in [0, 0.05) is 13.8 Å². The molecule has 2 aromatic heterocycles. The van der Waals surface area contributed by atoms with Crippen molar-refractivity contribution in [2.75, 3.05) is 5.32 Å². The summed E-state index contributed by atoms with van der Waals surface area (Å²) >= 11 is 0.942. The molecule has 4 rings (SSSR count). The Bertz CT molecular complexity index is 1150. The van der Waals surface area contributed by atoms with Gasteiger partial charge in [0.1, 0.15) is 18.0 Å². The number of para-hydroxylation sites is 1. The molecule has 6 nitrogen and oxygen atoms in total. The van der Waals surface area contributed by atoms with Crippen LogP contribution in [0, 0.1) is 0 Å². The predicted octanol–water partition coefficient (Wildman–Crippen LogP) is 4.98. The summed E-state index contributed by atoms with van der Waals surface area (Å²) in [6.07, 6.45) is -4.74. The number of hydrogen-bond donors (Lipinski definition) is 1. The zero-order valence-electron chi connectivity index (χ0n) is 15.5. The second-order valence-electron chi connectivity index (χ2n) is 6.61. The van der Waals surface area contributed by atoms with Gasteiger partial charge in [0.2, 0.25) is 5.91 Å². The van der Waals surface area contributed by atoms with Crippen LogP contribution in [0.15, 0.2) is 24.3 Å². The molecule has 0 radical (unpaired) electrons. The molecule has 0 saturated carbocycles. The van der Waals surface area contributed by atoms with Gasteiger partial charge in [-0.2, -0.15) is 27.1 Å². The Kier molecular flexibility index (Phi) is 4.56. The van der Waals surface area contributed by atoms with Gasteiger partial charge in [-0.05, 0) is 12.1 Å². The van der Waals surface area contributed by atoms with Crippen molar-refractivity contribution in [3.8, 4) is 22.0 Å². The summed E-state index contributed by atoms with van der Waals surface area (Å²) in [6.45, 7) is 1.67. The van der Waals surface area contributed by atoms with Crippen LogP contribution >= 0.6 is 11.3 Å². The standard InChI is InChI=1S/C18H13F5N4O2S/c1-8(28)24-16-25-10-7-29-13-12(14(10)30-16)27(26-15(13)17(2,19)20)11-6-4-3-5-9(11)18(21,22)23/h3-6H,7H2,1-2H3,(H,24,25,28). The monoisotopic (exact) mass is 444 g/mol. The highest BCUT2D eigenvalue weighted by Crippen LogP contribution is 2.49. The zero-order valence-corrected chi connectivity index (χ0v) is 16.3. The number of rotatable bonds is 3. The maximum atomic E-state index is 14.2. The van der Waals surface area contributed by atoms with Gasteiger partial charge in [0.25, 0.3) is 5.92 Å². The second kappa shape index (κ2) is 6.76. The molecular weight excluding hydrogens is 431 g/mol. The Hall–Kier alpha value is -3.02. The minimum absolute atomic E-state index is 0.0708. The third kappa shape index (κ3) is 3.40. The molecule has 1 aliphatic rings. The number of carbonyl (C=O) groups is 1. The molecule has 3 heterocycles. The fraction of sp³-hybridized carbons (Fsp3) is 0.278. The summed E-state index contributed by atoms with van der Waals surface area (Å²) in [5.41, 5.74) is -2.02. The number of ether oxygens (including phenoxy) is 1. The van der Waals surface area contributed by atoms with Crippen molar-refractivity contribution in [1.82, 2.24) is 14.8 Å². The summed E-state index contributed by atoms with van der Waals surface area (Å²) in [7, 11) is 0. The van der Waals surface area contributed by atoms with Gasteiger partial charge in [-0.15, -0.1) is 0 Å².